The van der Waals surface area contributed by atoms with E-state index in [0.717, 1.165) is 4.90 Å². The Bertz CT molecular complexity index is 989. The highest BCUT2D eigenvalue weighted by Crippen LogP contribution is 2.60. The molecule has 18 nitrogen and oxygen atoms in total. The van der Waals surface area contributed by atoms with Crippen LogP contribution in [0, 0.1) is 5.41 Å². The first-order valence-electron chi connectivity index (χ1n) is 10.5. The monoisotopic (exact) mass is 545 g/mol. The van der Waals surface area contributed by atoms with Gasteiger partial charge in [0.2, 0.25) is 0 Å². The molecule has 6 rings (SSSR count). The van der Waals surface area contributed by atoms with E-state index < -0.39 is 90.1 Å². The topological polar surface area (TPSA) is 256 Å². The minimum Gasteiger partial charge on any atom is -0.387 e. The van der Waals surface area contributed by atoms with Crippen molar-refractivity contribution in [3.63, 3.8) is 0 Å². The molecule has 13 atom stereocenters. The predicted octanol–water partition coefficient (Wildman–Crippen LogP) is -3.98. The van der Waals surface area contributed by atoms with Crippen molar-refractivity contribution in [3.8, 4) is 0 Å². The smallest absolute Gasteiger partial charge is 0.387 e. The van der Waals surface area contributed by atoms with Crippen molar-refractivity contribution < 1.29 is 62.2 Å². The van der Waals surface area contributed by atoms with Crippen molar-refractivity contribution in [1.29, 1.82) is 5.41 Å². The maximum absolute atomic E-state index is 12.2. The van der Waals surface area contributed by atoms with Gasteiger partial charge in [-0.1, -0.05) is 0 Å². The highest BCUT2D eigenvalue weighted by Gasteiger charge is 2.55. The van der Waals surface area contributed by atoms with Crippen LogP contribution in [0.2, 0.25) is 0 Å². The van der Waals surface area contributed by atoms with Gasteiger partial charge in [-0.25, -0.2) is 14.0 Å². The van der Waals surface area contributed by atoms with Crippen LogP contribution in [0.4, 0.5) is 0 Å². The predicted molar refractivity (Wildman–Crippen MR) is 109 cm³/mol. The molecule has 198 valence electrons. The Morgan fingerprint density at radius 3 is 2.09 bits per heavy atom. The molecule has 4 saturated heterocycles. The summed E-state index contributed by atoms with van der Waals surface area (Å²) in [5.74, 6) is -0.100. The van der Waals surface area contributed by atoms with E-state index in [-0.39, 0.29) is 12.5 Å². The SMILES string of the molecule is N=C1C2NCN3C2N=CN1[C@@H]1O[C@H](COP(=O)(O)OP(=O)(O)OC[C@H]2O[C@@H]3[C@H](O)[C@@H]2O)[C@@H](O)[C@H]1O. The van der Waals surface area contributed by atoms with E-state index in [4.69, 9.17) is 14.9 Å². The first-order valence-corrected chi connectivity index (χ1v) is 13.5. The summed E-state index contributed by atoms with van der Waals surface area (Å²) in [6.45, 7) is -1.58. The van der Waals surface area contributed by atoms with Crippen LogP contribution in [-0.2, 0) is 32.0 Å². The molecule has 6 aliphatic heterocycles. The van der Waals surface area contributed by atoms with Crippen LogP contribution < -0.4 is 5.32 Å². The molecule has 8 N–H and O–H groups in total. The molecule has 0 aliphatic carbocycles. The summed E-state index contributed by atoms with van der Waals surface area (Å²) in [5.41, 5.74) is 0. The molecule has 6 aliphatic rings. The molecule has 0 spiro atoms. The molecule has 0 aromatic carbocycles. The molecular weight excluding hydrogens is 520 g/mol. The van der Waals surface area contributed by atoms with E-state index in [1.165, 1.54) is 11.2 Å². The molecular formula is C15H25N5O13P2. The molecule has 0 aromatic rings. The molecule has 0 aromatic heterocycles. The van der Waals surface area contributed by atoms with Gasteiger partial charge in [-0.15, -0.1) is 0 Å². The zero-order valence-electron chi connectivity index (χ0n) is 17.7. The summed E-state index contributed by atoms with van der Waals surface area (Å²) in [6, 6.07) is -0.755. The lowest BCUT2D eigenvalue weighted by Gasteiger charge is -2.38. The molecule has 0 radical (unpaired) electrons. The number of rotatable bonds is 0. The third-order valence-corrected chi connectivity index (χ3v) is 8.94. The fourth-order valence-corrected chi connectivity index (χ4v) is 6.65. The van der Waals surface area contributed by atoms with Gasteiger partial charge in [0, 0.05) is 0 Å². The fourth-order valence-electron chi connectivity index (χ4n) is 4.56. The number of aliphatic hydroxyl groups excluding tert-OH is 4. The summed E-state index contributed by atoms with van der Waals surface area (Å²) < 4.78 is 49.1. The Labute approximate surface area is 197 Å². The van der Waals surface area contributed by atoms with Crippen LogP contribution in [0.5, 0.6) is 0 Å². The summed E-state index contributed by atoms with van der Waals surface area (Å²) in [7, 11) is -10.5. The lowest BCUT2D eigenvalue weighted by molar-refractivity contribution is -0.102. The maximum Gasteiger partial charge on any atom is 0.481 e. The zero-order valence-corrected chi connectivity index (χ0v) is 19.5. The van der Waals surface area contributed by atoms with E-state index >= 15 is 0 Å². The summed E-state index contributed by atoms with van der Waals surface area (Å²) in [4.78, 5) is 26.7. The van der Waals surface area contributed by atoms with Crippen LogP contribution >= 0.6 is 15.6 Å². The minimum atomic E-state index is -5.24. The first-order chi connectivity index (χ1) is 16.4. The summed E-state index contributed by atoms with van der Waals surface area (Å²) >= 11 is 0. The number of phosphoric acid groups is 2. The summed E-state index contributed by atoms with van der Waals surface area (Å²) in [6.07, 6.45) is -11.0. The molecule has 5 unspecified atom stereocenters. The number of aliphatic hydroxyl groups is 4. The lowest BCUT2D eigenvalue weighted by Crippen LogP contribution is -2.58. The van der Waals surface area contributed by atoms with E-state index in [2.05, 4.69) is 23.7 Å². The Morgan fingerprint density at radius 1 is 0.943 bits per heavy atom. The molecule has 20 heteroatoms. The molecule has 0 saturated carbocycles. The van der Waals surface area contributed by atoms with Crippen molar-refractivity contribution in [2.24, 2.45) is 4.99 Å². The van der Waals surface area contributed by atoms with Gasteiger partial charge < -0.3 is 39.7 Å². The Kier molecular flexibility index (Phi) is 6.71. The Balaban J connectivity index is 1.47. The van der Waals surface area contributed by atoms with E-state index in [1.54, 1.807) is 0 Å². The van der Waals surface area contributed by atoms with E-state index in [1.807, 2.05) is 0 Å². The van der Waals surface area contributed by atoms with Gasteiger partial charge in [-0.3, -0.25) is 29.7 Å². The van der Waals surface area contributed by atoms with E-state index in [9.17, 15) is 39.3 Å². The standard InChI is InChI=1S/C15H25N5O13P2/c16-12-7-13-18-4-19(12)14-10(23)8(21)5(31-14)1-29-34(25,26)33-35(27,28)30-2-6-9(22)11(24)15(32-6)20(13)3-17-7/h4-11,13-17,21-24H,1-3H2,(H,25,26)(H,27,28)/t5-,6-,7?,8-,9-,10-,11-,13?,14-,15-/m1/s1. The number of aliphatic imine (C=N–C) groups is 1. The van der Waals surface area contributed by atoms with Crippen LogP contribution in [-0.4, -0.2) is 133 Å². The number of hydrogen-bond donors (Lipinski definition) is 8. The number of fused-ring (bicyclic) bond motifs is 6. The van der Waals surface area contributed by atoms with Gasteiger partial charge in [-0.2, -0.15) is 4.31 Å². The highest BCUT2D eigenvalue weighted by molar-refractivity contribution is 7.61. The number of amidine groups is 1. The van der Waals surface area contributed by atoms with Crippen LogP contribution in [0.25, 0.3) is 0 Å². The average Bonchev–Trinajstić information content (AvgIpc) is 3.41. The second-order valence-corrected chi connectivity index (χ2v) is 11.6. The molecule has 8 bridgehead atoms. The van der Waals surface area contributed by atoms with Crippen LogP contribution in [0.15, 0.2) is 4.99 Å². The van der Waals surface area contributed by atoms with Gasteiger partial charge in [0.25, 0.3) is 0 Å². The molecule has 6 heterocycles. The molecule has 0 amide bonds. The quantitative estimate of drug-likeness (QED) is 0.135. The molecule has 4 fully saturated rings. The average molecular weight is 545 g/mol. The van der Waals surface area contributed by atoms with Gasteiger partial charge in [0.15, 0.2) is 6.23 Å². The van der Waals surface area contributed by atoms with Gasteiger partial charge in [0.05, 0.1) is 26.2 Å². The van der Waals surface area contributed by atoms with Crippen molar-refractivity contribution in [1.82, 2.24) is 15.1 Å². The number of hydrogen-bond acceptors (Lipinski definition) is 15. The Hall–Kier alpha value is -0.920. The normalized spacial score (nSPS) is 54.7. The van der Waals surface area contributed by atoms with Crippen LogP contribution in [0.1, 0.15) is 0 Å². The van der Waals surface area contributed by atoms with Crippen LogP contribution in [0.3, 0.4) is 0 Å². The summed E-state index contributed by atoms with van der Waals surface area (Å²) in [5, 5.41) is 53.3. The molecule has 35 heavy (non-hydrogen) atoms. The van der Waals surface area contributed by atoms with Crippen molar-refractivity contribution >= 4 is 27.8 Å². The van der Waals surface area contributed by atoms with Gasteiger partial charge >= 0.3 is 15.6 Å². The van der Waals surface area contributed by atoms with Gasteiger partial charge in [0.1, 0.15) is 60.9 Å². The number of ether oxygens (including phenoxy) is 2. The third kappa shape index (κ3) is 4.63. The fraction of sp³-hybridized carbons (Fsp3) is 0.867. The second-order valence-electron chi connectivity index (χ2n) is 8.53. The second kappa shape index (κ2) is 9.13. The van der Waals surface area contributed by atoms with E-state index in [0.29, 0.717) is 0 Å². The van der Waals surface area contributed by atoms with Gasteiger partial charge in [-0.05, 0) is 0 Å². The lowest BCUT2D eigenvalue weighted by atomic mass is 10.1. The maximum atomic E-state index is 12.2. The first kappa shape index (κ1) is 25.7. The largest absolute Gasteiger partial charge is 0.481 e. The van der Waals surface area contributed by atoms with Crippen molar-refractivity contribution in [2.45, 2.75) is 61.3 Å². The number of nitrogens with one attached hydrogen (secondary N) is 2. The number of phosphoric ester groups is 2. The van der Waals surface area contributed by atoms with Crippen molar-refractivity contribution in [3.05, 3.63) is 0 Å². The third-order valence-electron chi connectivity index (χ3n) is 6.33. The highest BCUT2D eigenvalue weighted by atomic mass is 31.3. The zero-order chi connectivity index (χ0) is 25.3. The minimum absolute atomic E-state index is 0.0629. The Morgan fingerprint density at radius 2 is 1.49 bits per heavy atom. The van der Waals surface area contributed by atoms with Crippen molar-refractivity contribution in [2.75, 3.05) is 19.9 Å². The number of nitrogens with zero attached hydrogens (tertiary/aromatic N) is 3.